The van der Waals surface area contributed by atoms with Gasteiger partial charge in [-0.25, -0.2) is 4.98 Å². The number of hydrogen-bond acceptors (Lipinski definition) is 7. The van der Waals surface area contributed by atoms with E-state index in [1.54, 1.807) is 42.5 Å². The van der Waals surface area contributed by atoms with Crippen molar-refractivity contribution in [2.75, 3.05) is 12.0 Å². The number of ether oxygens (including phenoxy) is 2. The number of carbonyl (C=O) groups excluding carboxylic acids is 2. The van der Waals surface area contributed by atoms with Crippen molar-refractivity contribution in [2.45, 2.75) is 26.5 Å². The van der Waals surface area contributed by atoms with E-state index in [1.807, 2.05) is 56.3 Å². The third-order valence-electron chi connectivity index (χ3n) is 7.33. The highest BCUT2D eigenvalue weighted by atomic mass is 35.5. The van der Waals surface area contributed by atoms with Crippen molar-refractivity contribution < 1.29 is 24.2 Å². The highest BCUT2D eigenvalue weighted by Gasteiger charge is 2.48. The van der Waals surface area contributed by atoms with Crippen LogP contribution < -0.4 is 14.4 Å². The van der Waals surface area contributed by atoms with Gasteiger partial charge >= 0.3 is 5.91 Å². The minimum absolute atomic E-state index is 0.0560. The summed E-state index contributed by atoms with van der Waals surface area (Å²) in [5, 5.41) is 12.3. The number of aliphatic hydroxyl groups is 1. The molecule has 9 heteroatoms. The van der Waals surface area contributed by atoms with Crippen LogP contribution in [0.1, 0.15) is 33.9 Å². The Bertz CT molecular complexity index is 1900. The van der Waals surface area contributed by atoms with E-state index in [0.717, 1.165) is 26.9 Å². The zero-order chi connectivity index (χ0) is 30.2. The Labute approximate surface area is 257 Å². The van der Waals surface area contributed by atoms with E-state index < -0.39 is 17.7 Å². The second-order valence-electron chi connectivity index (χ2n) is 10.3. The molecule has 1 unspecified atom stereocenters. The van der Waals surface area contributed by atoms with E-state index in [2.05, 4.69) is 0 Å². The Morgan fingerprint density at radius 1 is 0.977 bits per heavy atom. The molecule has 1 fully saturated rings. The van der Waals surface area contributed by atoms with Crippen molar-refractivity contribution in [3.8, 4) is 11.5 Å². The van der Waals surface area contributed by atoms with Gasteiger partial charge in [0.15, 0.2) is 16.6 Å². The molecule has 0 aliphatic carbocycles. The van der Waals surface area contributed by atoms with Crippen molar-refractivity contribution in [3.05, 3.63) is 123 Å². The summed E-state index contributed by atoms with van der Waals surface area (Å²) in [6.07, 6.45) is 0. The monoisotopic (exact) mass is 610 g/mol. The second-order valence-corrected chi connectivity index (χ2v) is 11.7. The molecule has 0 bridgehead atoms. The second kappa shape index (κ2) is 11.6. The normalized spacial score (nSPS) is 16.2. The fourth-order valence-electron chi connectivity index (χ4n) is 5.28. The van der Waals surface area contributed by atoms with Gasteiger partial charge in [0.2, 0.25) is 0 Å². The van der Waals surface area contributed by atoms with Crippen LogP contribution in [0.2, 0.25) is 5.02 Å². The van der Waals surface area contributed by atoms with Crippen LogP contribution in [0, 0.1) is 13.8 Å². The van der Waals surface area contributed by atoms with Crippen LogP contribution in [-0.4, -0.2) is 28.9 Å². The Morgan fingerprint density at radius 2 is 1.72 bits per heavy atom. The maximum atomic E-state index is 13.7. The van der Waals surface area contributed by atoms with Crippen molar-refractivity contribution in [1.29, 1.82) is 0 Å². The standard InChI is InChI=1S/C34H27ClN2O5S/c1-19-15-20(2)29-27(16-19)43-34(36-29)37-30(28(32(39)33(37)40)31(38)22-9-12-24(35)13-10-22)23-11-14-25(26(17-23)41-3)42-18-21-7-5-4-6-8-21/h4-17,30,38H,18H2,1-3H3/b31-28+. The lowest BCUT2D eigenvalue weighted by Gasteiger charge is -2.24. The number of benzene rings is 4. The van der Waals surface area contributed by atoms with Gasteiger partial charge in [-0.1, -0.05) is 65.4 Å². The quantitative estimate of drug-likeness (QED) is 0.115. The lowest BCUT2D eigenvalue weighted by Crippen LogP contribution is -2.29. The van der Waals surface area contributed by atoms with E-state index in [-0.39, 0.29) is 11.3 Å². The van der Waals surface area contributed by atoms with Gasteiger partial charge in [0.05, 0.1) is 28.9 Å². The molecule has 7 nitrogen and oxygen atoms in total. The molecule has 0 radical (unpaired) electrons. The fraction of sp³-hybridized carbons (Fsp3) is 0.147. The third-order valence-corrected chi connectivity index (χ3v) is 8.58. The third kappa shape index (κ3) is 5.35. The molecular weight excluding hydrogens is 584 g/mol. The zero-order valence-electron chi connectivity index (χ0n) is 23.6. The predicted octanol–water partition coefficient (Wildman–Crippen LogP) is 7.78. The molecular formula is C34H27ClN2O5S. The highest BCUT2D eigenvalue weighted by molar-refractivity contribution is 7.22. The highest BCUT2D eigenvalue weighted by Crippen LogP contribution is 2.46. The lowest BCUT2D eigenvalue weighted by molar-refractivity contribution is -0.132. The van der Waals surface area contributed by atoms with Gasteiger partial charge in [-0.05, 0) is 78.6 Å². The number of Topliss-reactive ketones (excluding diaryl/α,β-unsaturated/α-hetero) is 1. The molecule has 4 aromatic carbocycles. The Morgan fingerprint density at radius 3 is 2.44 bits per heavy atom. The topological polar surface area (TPSA) is 89.0 Å². The maximum Gasteiger partial charge on any atom is 0.301 e. The number of aryl methyl sites for hydroxylation is 2. The number of carbonyl (C=O) groups is 2. The number of nitrogens with zero attached hydrogens (tertiary/aromatic N) is 2. The number of amides is 1. The number of thiazole rings is 1. The summed E-state index contributed by atoms with van der Waals surface area (Å²) in [7, 11) is 1.53. The summed E-state index contributed by atoms with van der Waals surface area (Å²) >= 11 is 7.39. The van der Waals surface area contributed by atoms with Gasteiger partial charge in [-0.15, -0.1) is 0 Å². The summed E-state index contributed by atoms with van der Waals surface area (Å²) in [5.41, 5.74) is 4.63. The first-order valence-electron chi connectivity index (χ1n) is 13.5. The number of halogens is 1. The summed E-state index contributed by atoms with van der Waals surface area (Å²) in [6, 6.07) is 24.5. The van der Waals surface area contributed by atoms with Crippen LogP contribution in [0.3, 0.4) is 0 Å². The van der Waals surface area contributed by atoms with Gasteiger partial charge in [0.25, 0.3) is 5.78 Å². The largest absolute Gasteiger partial charge is 0.507 e. The number of rotatable bonds is 7. The van der Waals surface area contributed by atoms with Crippen molar-refractivity contribution in [1.82, 2.24) is 4.98 Å². The van der Waals surface area contributed by atoms with E-state index in [0.29, 0.717) is 39.4 Å². The predicted molar refractivity (Wildman–Crippen MR) is 169 cm³/mol. The number of ketones is 1. The van der Waals surface area contributed by atoms with Crippen molar-refractivity contribution in [2.24, 2.45) is 0 Å². The smallest absolute Gasteiger partial charge is 0.301 e. The summed E-state index contributed by atoms with van der Waals surface area (Å²) in [5.74, 6) is -0.985. The molecule has 1 amide bonds. The van der Waals surface area contributed by atoms with Crippen LogP contribution in [0.15, 0.2) is 90.5 Å². The Hall–Kier alpha value is -4.66. The number of aromatic nitrogens is 1. The lowest BCUT2D eigenvalue weighted by atomic mass is 9.95. The summed E-state index contributed by atoms with van der Waals surface area (Å²) in [6.45, 7) is 4.29. The van der Waals surface area contributed by atoms with E-state index >= 15 is 0 Å². The summed E-state index contributed by atoms with van der Waals surface area (Å²) in [4.78, 5) is 33.5. The molecule has 1 N–H and O–H groups in total. The van der Waals surface area contributed by atoms with E-state index in [9.17, 15) is 14.7 Å². The first kappa shape index (κ1) is 28.5. The number of hydrogen-bond donors (Lipinski definition) is 1. The van der Waals surface area contributed by atoms with E-state index in [4.69, 9.17) is 26.1 Å². The number of aliphatic hydroxyl groups excluding tert-OH is 1. The van der Waals surface area contributed by atoms with E-state index in [1.165, 1.54) is 23.3 Å². The molecule has 1 aliphatic rings. The maximum absolute atomic E-state index is 13.7. The first-order chi connectivity index (χ1) is 20.7. The van der Waals surface area contributed by atoms with Crippen LogP contribution in [0.4, 0.5) is 5.13 Å². The van der Waals surface area contributed by atoms with Crippen molar-refractivity contribution in [3.63, 3.8) is 0 Å². The van der Waals surface area contributed by atoms with Crippen LogP contribution >= 0.6 is 22.9 Å². The zero-order valence-corrected chi connectivity index (χ0v) is 25.2. The molecule has 1 atom stereocenters. The molecule has 0 spiro atoms. The molecule has 6 rings (SSSR count). The fourth-order valence-corrected chi connectivity index (χ4v) is 6.57. The van der Waals surface area contributed by atoms with Gasteiger partial charge in [0.1, 0.15) is 12.4 Å². The molecule has 1 aromatic heterocycles. The number of fused-ring (bicyclic) bond motifs is 1. The molecule has 1 saturated heterocycles. The van der Waals surface area contributed by atoms with Gasteiger partial charge in [0, 0.05) is 10.6 Å². The van der Waals surface area contributed by atoms with Crippen molar-refractivity contribution >= 4 is 55.7 Å². The summed E-state index contributed by atoms with van der Waals surface area (Å²) < 4.78 is 12.6. The number of methoxy groups -OCH3 is 1. The average molecular weight is 611 g/mol. The van der Waals surface area contributed by atoms with Crippen LogP contribution in [0.25, 0.3) is 16.0 Å². The first-order valence-corrected chi connectivity index (χ1v) is 14.7. The Kier molecular flexibility index (Phi) is 7.64. The number of anilines is 1. The van der Waals surface area contributed by atoms with Gasteiger partial charge in [-0.2, -0.15) is 0 Å². The molecule has 216 valence electrons. The Balaban J connectivity index is 1.49. The molecule has 2 heterocycles. The van der Waals surface area contributed by atoms with Gasteiger partial charge in [-0.3, -0.25) is 14.5 Å². The minimum atomic E-state index is -0.977. The van der Waals surface area contributed by atoms with Crippen LogP contribution in [-0.2, 0) is 16.2 Å². The van der Waals surface area contributed by atoms with Crippen LogP contribution in [0.5, 0.6) is 11.5 Å². The van der Waals surface area contributed by atoms with Gasteiger partial charge < -0.3 is 14.6 Å². The molecule has 1 aliphatic heterocycles. The average Bonchev–Trinajstić information content (AvgIpc) is 3.54. The SMILES string of the molecule is COc1cc(C2/C(=C(\O)c3ccc(Cl)cc3)C(=O)C(=O)N2c2nc3c(C)cc(C)cc3s2)ccc1OCc1ccccc1. The molecule has 0 saturated carbocycles. The minimum Gasteiger partial charge on any atom is -0.507 e. The molecule has 43 heavy (non-hydrogen) atoms. The molecule has 5 aromatic rings.